The molecule has 3 nitrogen and oxygen atoms in total. The summed E-state index contributed by atoms with van der Waals surface area (Å²) >= 11 is 1.59. The molecule has 1 aromatic heterocycles. The molecule has 0 radical (unpaired) electrons. The van der Waals surface area contributed by atoms with Gasteiger partial charge in [0.25, 0.3) is 0 Å². The van der Waals surface area contributed by atoms with Crippen molar-refractivity contribution in [2.75, 3.05) is 6.54 Å². The monoisotopic (exact) mass is 337 g/mol. The number of rotatable bonds is 6. The summed E-state index contributed by atoms with van der Waals surface area (Å²) in [6.07, 6.45) is 0.799. The summed E-state index contributed by atoms with van der Waals surface area (Å²) in [4.78, 5) is 0.460. The Morgan fingerprint density at radius 2 is 1.77 bits per heavy atom. The Morgan fingerprint density at radius 3 is 2.27 bits per heavy atom. The molecule has 0 saturated heterocycles. The van der Waals surface area contributed by atoms with Gasteiger partial charge in [0.15, 0.2) is 0 Å². The number of aryl methyl sites for hydroxylation is 3. The van der Waals surface area contributed by atoms with E-state index < -0.39 is 10.0 Å². The van der Waals surface area contributed by atoms with Crippen molar-refractivity contribution in [2.45, 2.75) is 45.6 Å². The molecule has 0 aliphatic heterocycles. The molecule has 5 heteroatoms. The summed E-state index contributed by atoms with van der Waals surface area (Å²) < 4.78 is 27.9. The van der Waals surface area contributed by atoms with Crippen molar-refractivity contribution in [2.24, 2.45) is 0 Å². The SMILES string of the molecule is CCCN(Cc1ccsc1)S(=O)(=O)c1c(C)cc(C)cc1C. The van der Waals surface area contributed by atoms with Gasteiger partial charge in [-0.1, -0.05) is 24.6 Å². The van der Waals surface area contributed by atoms with E-state index in [2.05, 4.69) is 0 Å². The van der Waals surface area contributed by atoms with Crippen LogP contribution in [-0.4, -0.2) is 19.3 Å². The Bertz CT molecular complexity index is 711. The smallest absolute Gasteiger partial charge is 0.207 e. The number of benzene rings is 1. The van der Waals surface area contributed by atoms with Gasteiger partial charge < -0.3 is 0 Å². The topological polar surface area (TPSA) is 37.4 Å². The summed E-state index contributed by atoms with van der Waals surface area (Å²) in [5.74, 6) is 0. The molecule has 1 aromatic carbocycles. The van der Waals surface area contributed by atoms with Crippen LogP contribution in [0, 0.1) is 20.8 Å². The third kappa shape index (κ3) is 3.59. The lowest BCUT2D eigenvalue weighted by Crippen LogP contribution is -2.32. The highest BCUT2D eigenvalue weighted by Gasteiger charge is 2.27. The van der Waals surface area contributed by atoms with Crippen LogP contribution in [0.15, 0.2) is 33.9 Å². The molecular formula is C17H23NO2S2. The van der Waals surface area contributed by atoms with E-state index in [-0.39, 0.29) is 0 Å². The fraction of sp³-hybridized carbons (Fsp3) is 0.412. The Labute approximate surface area is 137 Å². The van der Waals surface area contributed by atoms with Gasteiger partial charge in [0.2, 0.25) is 10.0 Å². The highest BCUT2D eigenvalue weighted by molar-refractivity contribution is 7.89. The maximum atomic E-state index is 13.1. The molecule has 0 amide bonds. The Hall–Kier alpha value is -1.17. The average Bonchev–Trinajstić information content (AvgIpc) is 2.89. The molecular weight excluding hydrogens is 314 g/mol. The van der Waals surface area contributed by atoms with E-state index in [1.807, 2.05) is 56.7 Å². The van der Waals surface area contributed by atoms with Gasteiger partial charge in [0, 0.05) is 13.1 Å². The van der Waals surface area contributed by atoms with E-state index in [4.69, 9.17) is 0 Å². The molecule has 2 rings (SSSR count). The Balaban J connectivity index is 2.45. The second-order valence-electron chi connectivity index (χ2n) is 5.70. The van der Waals surface area contributed by atoms with Crippen LogP contribution in [0.25, 0.3) is 0 Å². The van der Waals surface area contributed by atoms with E-state index in [1.54, 1.807) is 15.6 Å². The molecule has 0 fully saturated rings. The van der Waals surface area contributed by atoms with Gasteiger partial charge in [0.05, 0.1) is 4.90 Å². The van der Waals surface area contributed by atoms with Crippen LogP contribution in [0.5, 0.6) is 0 Å². The van der Waals surface area contributed by atoms with Gasteiger partial charge in [-0.25, -0.2) is 8.42 Å². The predicted octanol–water partition coefficient (Wildman–Crippen LogP) is 4.27. The molecule has 120 valence electrons. The van der Waals surface area contributed by atoms with Crippen molar-refractivity contribution in [3.05, 3.63) is 51.2 Å². The van der Waals surface area contributed by atoms with Gasteiger partial charge in [-0.05, 0) is 60.7 Å². The molecule has 2 aromatic rings. The first-order chi connectivity index (χ1) is 10.4. The molecule has 22 heavy (non-hydrogen) atoms. The van der Waals surface area contributed by atoms with Crippen LogP contribution < -0.4 is 0 Å². The molecule has 1 heterocycles. The third-order valence-electron chi connectivity index (χ3n) is 3.61. The predicted molar refractivity (Wildman–Crippen MR) is 92.9 cm³/mol. The zero-order valence-electron chi connectivity index (χ0n) is 13.6. The molecule has 0 aliphatic rings. The minimum atomic E-state index is -3.48. The molecule has 0 aliphatic carbocycles. The summed E-state index contributed by atoms with van der Waals surface area (Å²) in [6, 6.07) is 5.86. The van der Waals surface area contributed by atoms with Crippen molar-refractivity contribution in [3.63, 3.8) is 0 Å². The van der Waals surface area contributed by atoms with Gasteiger partial charge in [-0.3, -0.25) is 0 Å². The maximum absolute atomic E-state index is 13.1. The first kappa shape index (κ1) is 17.2. The first-order valence-corrected chi connectivity index (χ1v) is 9.83. The van der Waals surface area contributed by atoms with Crippen molar-refractivity contribution >= 4 is 21.4 Å². The first-order valence-electron chi connectivity index (χ1n) is 7.45. The number of nitrogens with zero attached hydrogens (tertiary/aromatic N) is 1. The molecule has 0 unspecified atom stereocenters. The molecule has 0 bridgehead atoms. The second-order valence-corrected chi connectivity index (χ2v) is 8.35. The fourth-order valence-corrected chi connectivity index (χ4v) is 5.41. The normalized spacial score (nSPS) is 12.0. The van der Waals surface area contributed by atoms with Crippen molar-refractivity contribution in [1.29, 1.82) is 0 Å². The van der Waals surface area contributed by atoms with Crippen LogP contribution in [-0.2, 0) is 16.6 Å². The summed E-state index contributed by atoms with van der Waals surface area (Å²) in [7, 11) is -3.48. The second kappa shape index (κ2) is 6.94. The van der Waals surface area contributed by atoms with Crippen LogP contribution in [0.2, 0.25) is 0 Å². The van der Waals surface area contributed by atoms with Gasteiger partial charge >= 0.3 is 0 Å². The Kier molecular flexibility index (Phi) is 5.42. The lowest BCUT2D eigenvalue weighted by molar-refractivity contribution is 0.405. The molecule has 0 spiro atoms. The van der Waals surface area contributed by atoms with Gasteiger partial charge in [0.1, 0.15) is 0 Å². The van der Waals surface area contributed by atoms with Crippen LogP contribution in [0.4, 0.5) is 0 Å². The molecule has 0 N–H and O–H groups in total. The van der Waals surface area contributed by atoms with Crippen molar-refractivity contribution in [1.82, 2.24) is 4.31 Å². The van der Waals surface area contributed by atoms with Crippen LogP contribution >= 0.6 is 11.3 Å². The van der Waals surface area contributed by atoms with Gasteiger partial charge in [-0.15, -0.1) is 0 Å². The quantitative estimate of drug-likeness (QED) is 0.789. The zero-order chi connectivity index (χ0) is 16.3. The number of hydrogen-bond donors (Lipinski definition) is 0. The van der Waals surface area contributed by atoms with Crippen LogP contribution in [0.3, 0.4) is 0 Å². The summed E-state index contributed by atoms with van der Waals surface area (Å²) in [5, 5.41) is 3.99. The standard InChI is InChI=1S/C17H23NO2S2/c1-5-7-18(11-16-6-8-21-12-16)22(19,20)17-14(3)9-13(2)10-15(17)4/h6,8-10,12H,5,7,11H2,1-4H3. The van der Waals surface area contributed by atoms with Crippen molar-refractivity contribution < 1.29 is 8.42 Å². The molecule has 0 atom stereocenters. The van der Waals surface area contributed by atoms with E-state index >= 15 is 0 Å². The third-order valence-corrected chi connectivity index (χ3v) is 6.50. The van der Waals surface area contributed by atoms with Crippen LogP contribution in [0.1, 0.15) is 35.6 Å². The summed E-state index contributed by atoms with van der Waals surface area (Å²) in [6.45, 7) is 8.72. The number of hydrogen-bond acceptors (Lipinski definition) is 3. The maximum Gasteiger partial charge on any atom is 0.243 e. The fourth-order valence-electron chi connectivity index (χ4n) is 2.82. The van der Waals surface area contributed by atoms with E-state index in [0.717, 1.165) is 28.7 Å². The highest BCUT2D eigenvalue weighted by atomic mass is 32.2. The van der Waals surface area contributed by atoms with E-state index in [0.29, 0.717) is 18.0 Å². The molecule has 0 saturated carbocycles. The zero-order valence-corrected chi connectivity index (χ0v) is 15.2. The van der Waals surface area contributed by atoms with Gasteiger partial charge in [-0.2, -0.15) is 15.6 Å². The van der Waals surface area contributed by atoms with E-state index in [1.165, 1.54) is 0 Å². The Morgan fingerprint density at radius 1 is 1.14 bits per heavy atom. The van der Waals surface area contributed by atoms with E-state index in [9.17, 15) is 8.42 Å². The average molecular weight is 338 g/mol. The minimum Gasteiger partial charge on any atom is -0.207 e. The minimum absolute atomic E-state index is 0.437. The largest absolute Gasteiger partial charge is 0.243 e. The summed E-state index contributed by atoms with van der Waals surface area (Å²) in [5.41, 5.74) is 3.78. The number of sulfonamides is 1. The highest BCUT2D eigenvalue weighted by Crippen LogP contribution is 2.26. The lowest BCUT2D eigenvalue weighted by atomic mass is 10.1. The van der Waals surface area contributed by atoms with Crippen molar-refractivity contribution in [3.8, 4) is 0 Å². The number of thiophene rings is 1. The lowest BCUT2D eigenvalue weighted by Gasteiger charge is -2.23.